The Labute approximate surface area is 131 Å². The fourth-order valence-corrected chi connectivity index (χ4v) is 2.09. The lowest BCUT2D eigenvalue weighted by atomic mass is 10.3. The molecule has 22 heavy (non-hydrogen) atoms. The molecule has 0 saturated heterocycles. The molecule has 0 radical (unpaired) electrons. The second-order valence-corrected chi connectivity index (χ2v) is 5.91. The van der Waals surface area contributed by atoms with E-state index in [4.69, 9.17) is 5.11 Å². The molecular weight excluding hydrogens is 311 g/mol. The maximum absolute atomic E-state index is 12.7. The van der Waals surface area contributed by atoms with E-state index in [1.165, 1.54) is 31.2 Å². The molecule has 0 aromatic heterocycles. The van der Waals surface area contributed by atoms with Crippen molar-refractivity contribution in [3.8, 4) is 0 Å². The van der Waals surface area contributed by atoms with Gasteiger partial charge >= 0.3 is 5.97 Å². The normalized spacial score (nSPS) is 13.0. The highest BCUT2D eigenvalue weighted by Gasteiger charge is 2.20. The first kappa shape index (κ1) is 18.0. The van der Waals surface area contributed by atoms with Gasteiger partial charge in [-0.15, -0.1) is 11.8 Å². The SMILES string of the molecule is CC(NC(=O)C(C)SCC(=O)Nc1ccc(F)cc1)C(=O)O. The van der Waals surface area contributed by atoms with Crippen molar-refractivity contribution in [3.05, 3.63) is 30.1 Å². The summed E-state index contributed by atoms with van der Waals surface area (Å²) in [4.78, 5) is 34.0. The predicted octanol–water partition coefficient (Wildman–Crippen LogP) is 1.48. The number of hydrogen-bond acceptors (Lipinski definition) is 4. The Kier molecular flexibility index (Phi) is 6.84. The van der Waals surface area contributed by atoms with Crippen LogP contribution in [0.2, 0.25) is 0 Å². The van der Waals surface area contributed by atoms with Crippen LogP contribution in [0.3, 0.4) is 0 Å². The van der Waals surface area contributed by atoms with Crippen LogP contribution in [0, 0.1) is 5.82 Å². The molecule has 0 heterocycles. The van der Waals surface area contributed by atoms with Crippen LogP contribution in [0.15, 0.2) is 24.3 Å². The highest BCUT2D eigenvalue weighted by molar-refractivity contribution is 8.01. The summed E-state index contributed by atoms with van der Waals surface area (Å²) < 4.78 is 12.7. The lowest BCUT2D eigenvalue weighted by molar-refractivity contribution is -0.141. The van der Waals surface area contributed by atoms with Gasteiger partial charge in [-0.1, -0.05) is 0 Å². The first-order valence-electron chi connectivity index (χ1n) is 6.49. The molecule has 2 unspecified atom stereocenters. The summed E-state index contributed by atoms with van der Waals surface area (Å²) in [6.45, 7) is 2.94. The summed E-state index contributed by atoms with van der Waals surface area (Å²) >= 11 is 1.08. The fourth-order valence-electron chi connectivity index (χ4n) is 1.40. The zero-order chi connectivity index (χ0) is 16.7. The van der Waals surface area contributed by atoms with E-state index in [0.29, 0.717) is 5.69 Å². The molecule has 8 heteroatoms. The van der Waals surface area contributed by atoms with Crippen molar-refractivity contribution >= 4 is 35.2 Å². The van der Waals surface area contributed by atoms with Crippen molar-refractivity contribution in [2.45, 2.75) is 25.1 Å². The van der Waals surface area contributed by atoms with E-state index >= 15 is 0 Å². The van der Waals surface area contributed by atoms with Crippen LogP contribution in [0.25, 0.3) is 0 Å². The molecular formula is C14H17FN2O4S. The number of carboxylic acid groups (broad SMARTS) is 1. The Morgan fingerprint density at radius 3 is 2.36 bits per heavy atom. The Bertz CT molecular complexity index is 550. The molecule has 1 aromatic carbocycles. The number of anilines is 1. The van der Waals surface area contributed by atoms with Crippen LogP contribution < -0.4 is 10.6 Å². The number of rotatable bonds is 7. The maximum atomic E-state index is 12.7. The number of carboxylic acids is 1. The zero-order valence-electron chi connectivity index (χ0n) is 12.1. The molecule has 0 bridgehead atoms. The first-order chi connectivity index (χ1) is 10.3. The molecule has 1 aromatic rings. The Morgan fingerprint density at radius 2 is 1.82 bits per heavy atom. The van der Waals surface area contributed by atoms with E-state index in [2.05, 4.69) is 10.6 Å². The quantitative estimate of drug-likeness (QED) is 0.704. The van der Waals surface area contributed by atoms with Gasteiger partial charge in [0.2, 0.25) is 11.8 Å². The van der Waals surface area contributed by atoms with Gasteiger partial charge in [0.15, 0.2) is 0 Å². The summed E-state index contributed by atoms with van der Waals surface area (Å²) in [6, 6.07) is 4.34. The monoisotopic (exact) mass is 328 g/mol. The van der Waals surface area contributed by atoms with E-state index < -0.39 is 29.0 Å². The third-order valence-corrected chi connectivity index (χ3v) is 3.83. The largest absolute Gasteiger partial charge is 0.480 e. The minimum Gasteiger partial charge on any atom is -0.480 e. The number of thioether (sulfide) groups is 1. The molecule has 0 aliphatic rings. The highest BCUT2D eigenvalue weighted by atomic mass is 32.2. The molecule has 0 fully saturated rings. The Hall–Kier alpha value is -2.09. The van der Waals surface area contributed by atoms with Gasteiger partial charge < -0.3 is 15.7 Å². The molecule has 6 nitrogen and oxygen atoms in total. The maximum Gasteiger partial charge on any atom is 0.325 e. The predicted molar refractivity (Wildman–Crippen MR) is 82.2 cm³/mol. The van der Waals surface area contributed by atoms with E-state index in [0.717, 1.165) is 11.8 Å². The van der Waals surface area contributed by atoms with E-state index in [1.54, 1.807) is 6.92 Å². The zero-order valence-corrected chi connectivity index (χ0v) is 12.9. The molecule has 0 aliphatic heterocycles. The van der Waals surface area contributed by atoms with Gasteiger partial charge in [-0.05, 0) is 38.1 Å². The van der Waals surface area contributed by atoms with Gasteiger partial charge in [-0.3, -0.25) is 14.4 Å². The smallest absolute Gasteiger partial charge is 0.325 e. The molecule has 0 saturated carbocycles. The molecule has 3 N–H and O–H groups in total. The Morgan fingerprint density at radius 1 is 1.23 bits per heavy atom. The van der Waals surface area contributed by atoms with Crippen molar-refractivity contribution in [2.24, 2.45) is 0 Å². The summed E-state index contributed by atoms with van der Waals surface area (Å²) in [6.07, 6.45) is 0. The lowest BCUT2D eigenvalue weighted by Crippen LogP contribution is -2.42. The minimum absolute atomic E-state index is 0.0212. The Balaban J connectivity index is 2.38. The van der Waals surface area contributed by atoms with Gasteiger partial charge in [-0.2, -0.15) is 0 Å². The summed E-state index contributed by atoms with van der Waals surface area (Å²) in [5.41, 5.74) is 0.462. The second kappa shape index (κ2) is 8.38. The van der Waals surface area contributed by atoms with Crippen molar-refractivity contribution in [1.82, 2.24) is 5.32 Å². The van der Waals surface area contributed by atoms with Gasteiger partial charge in [0, 0.05) is 5.69 Å². The summed E-state index contributed by atoms with van der Waals surface area (Å²) in [5, 5.41) is 13.0. The van der Waals surface area contributed by atoms with Gasteiger partial charge in [0.05, 0.1) is 11.0 Å². The number of carbonyl (C=O) groups is 3. The van der Waals surface area contributed by atoms with Crippen LogP contribution in [0.4, 0.5) is 10.1 Å². The summed E-state index contributed by atoms with van der Waals surface area (Å²) in [5.74, 6) is -2.28. The highest BCUT2D eigenvalue weighted by Crippen LogP contribution is 2.13. The van der Waals surface area contributed by atoms with E-state index in [-0.39, 0.29) is 11.7 Å². The third kappa shape index (κ3) is 6.13. The van der Waals surface area contributed by atoms with Crippen molar-refractivity contribution < 1.29 is 23.9 Å². The van der Waals surface area contributed by atoms with Crippen LogP contribution in [-0.4, -0.2) is 39.9 Å². The topological polar surface area (TPSA) is 95.5 Å². The molecule has 0 aliphatic carbocycles. The molecule has 2 amide bonds. The minimum atomic E-state index is -1.13. The number of hydrogen-bond donors (Lipinski definition) is 3. The average Bonchev–Trinajstić information content (AvgIpc) is 2.46. The number of amides is 2. The second-order valence-electron chi connectivity index (χ2n) is 4.58. The number of benzene rings is 1. The van der Waals surface area contributed by atoms with E-state index in [1.807, 2.05) is 0 Å². The fraction of sp³-hybridized carbons (Fsp3) is 0.357. The molecule has 120 valence electrons. The molecule has 2 atom stereocenters. The van der Waals surface area contributed by atoms with E-state index in [9.17, 15) is 18.8 Å². The van der Waals surface area contributed by atoms with Crippen LogP contribution in [0.5, 0.6) is 0 Å². The third-order valence-electron chi connectivity index (χ3n) is 2.69. The van der Waals surface area contributed by atoms with Gasteiger partial charge in [0.25, 0.3) is 0 Å². The van der Waals surface area contributed by atoms with Crippen LogP contribution in [-0.2, 0) is 14.4 Å². The van der Waals surface area contributed by atoms with Crippen molar-refractivity contribution in [2.75, 3.05) is 11.1 Å². The number of carbonyl (C=O) groups excluding carboxylic acids is 2. The number of halogens is 1. The van der Waals surface area contributed by atoms with Crippen LogP contribution in [0.1, 0.15) is 13.8 Å². The van der Waals surface area contributed by atoms with Gasteiger partial charge in [-0.25, -0.2) is 4.39 Å². The van der Waals surface area contributed by atoms with Gasteiger partial charge in [0.1, 0.15) is 11.9 Å². The lowest BCUT2D eigenvalue weighted by Gasteiger charge is -2.14. The van der Waals surface area contributed by atoms with Crippen molar-refractivity contribution in [1.29, 1.82) is 0 Å². The standard InChI is InChI=1S/C14H17FN2O4S/c1-8(14(20)21)16-13(19)9(2)22-7-12(18)17-11-5-3-10(15)4-6-11/h3-6,8-9H,7H2,1-2H3,(H,16,19)(H,17,18)(H,20,21). The van der Waals surface area contributed by atoms with Crippen LogP contribution >= 0.6 is 11.8 Å². The first-order valence-corrected chi connectivity index (χ1v) is 7.54. The summed E-state index contributed by atoms with van der Waals surface area (Å²) in [7, 11) is 0. The van der Waals surface area contributed by atoms with Crippen molar-refractivity contribution in [3.63, 3.8) is 0 Å². The molecule has 1 rings (SSSR count). The average molecular weight is 328 g/mol. The molecule has 0 spiro atoms. The number of nitrogens with one attached hydrogen (secondary N) is 2. The number of aliphatic carboxylic acids is 1.